The molecule has 0 radical (unpaired) electrons. The number of carbonyl (C=O) groups is 1. The minimum Gasteiger partial charge on any atom is -0.338 e. The highest BCUT2D eigenvalue weighted by molar-refractivity contribution is 5.77. The van der Waals surface area contributed by atoms with Crippen molar-refractivity contribution >= 4 is 5.91 Å². The third-order valence-electron chi connectivity index (χ3n) is 4.55. The van der Waals surface area contributed by atoms with E-state index >= 15 is 0 Å². The fourth-order valence-electron chi connectivity index (χ4n) is 3.58. The number of nitrogens with zero attached hydrogens (tertiary/aromatic N) is 1. The molecule has 2 saturated heterocycles. The van der Waals surface area contributed by atoms with Gasteiger partial charge in [0.15, 0.2) is 0 Å². The summed E-state index contributed by atoms with van der Waals surface area (Å²) in [7, 11) is 0. The van der Waals surface area contributed by atoms with Crippen LogP contribution in [-0.4, -0.2) is 36.5 Å². The highest BCUT2D eigenvalue weighted by Crippen LogP contribution is 2.29. The molecule has 17 heavy (non-hydrogen) atoms. The number of likely N-dealkylation sites (tertiary alicyclic amines) is 1. The number of hydrogen-bond donors (Lipinski definition) is 1. The van der Waals surface area contributed by atoms with Gasteiger partial charge in [-0.3, -0.25) is 4.79 Å². The van der Waals surface area contributed by atoms with Crippen molar-refractivity contribution in [1.82, 2.24) is 10.2 Å². The van der Waals surface area contributed by atoms with Crippen LogP contribution >= 0.6 is 0 Å². The van der Waals surface area contributed by atoms with E-state index in [2.05, 4.69) is 22.4 Å². The van der Waals surface area contributed by atoms with Gasteiger partial charge in [0.1, 0.15) is 0 Å². The van der Waals surface area contributed by atoms with Gasteiger partial charge in [0.25, 0.3) is 0 Å². The number of carbonyl (C=O) groups excluding carboxylic acids is 1. The molecule has 3 unspecified atom stereocenters. The van der Waals surface area contributed by atoms with E-state index in [1.807, 2.05) is 0 Å². The van der Waals surface area contributed by atoms with Crippen LogP contribution in [-0.2, 0) is 4.79 Å². The molecule has 1 N–H and O–H groups in total. The molecule has 0 saturated carbocycles. The molecule has 94 valence electrons. The second-order valence-electron chi connectivity index (χ2n) is 5.68. The summed E-state index contributed by atoms with van der Waals surface area (Å²) >= 11 is 0. The zero-order chi connectivity index (χ0) is 11.7. The third kappa shape index (κ3) is 2.25. The lowest BCUT2D eigenvalue weighted by Crippen LogP contribution is -2.48. The van der Waals surface area contributed by atoms with E-state index in [1.165, 1.54) is 19.3 Å². The Morgan fingerprint density at radius 1 is 1.35 bits per heavy atom. The van der Waals surface area contributed by atoms with E-state index in [9.17, 15) is 4.79 Å². The molecule has 1 amide bonds. The van der Waals surface area contributed by atoms with Crippen LogP contribution in [0.15, 0.2) is 12.2 Å². The summed E-state index contributed by atoms with van der Waals surface area (Å²) in [6, 6.07) is 0.488. The number of nitrogens with one attached hydrogen (secondary N) is 1. The maximum absolute atomic E-state index is 12.4. The predicted molar refractivity (Wildman–Crippen MR) is 67.6 cm³/mol. The van der Waals surface area contributed by atoms with Gasteiger partial charge in [-0.15, -0.1) is 0 Å². The molecular formula is C14H22N2O. The lowest BCUT2D eigenvalue weighted by atomic mass is 9.91. The monoisotopic (exact) mass is 234 g/mol. The lowest BCUT2D eigenvalue weighted by molar-refractivity contribution is -0.136. The van der Waals surface area contributed by atoms with Gasteiger partial charge in [-0.1, -0.05) is 12.2 Å². The van der Waals surface area contributed by atoms with Crippen molar-refractivity contribution in [2.75, 3.05) is 19.6 Å². The molecule has 3 rings (SSSR count). The number of allylic oxidation sites excluding steroid dienone is 2. The Morgan fingerprint density at radius 3 is 3.12 bits per heavy atom. The molecule has 3 aliphatic rings. The molecule has 3 nitrogen and oxygen atoms in total. The van der Waals surface area contributed by atoms with E-state index in [0.717, 1.165) is 32.5 Å². The summed E-state index contributed by atoms with van der Waals surface area (Å²) in [5, 5.41) is 3.43. The molecule has 1 aliphatic carbocycles. The Morgan fingerprint density at radius 2 is 2.29 bits per heavy atom. The Hall–Kier alpha value is -0.830. The van der Waals surface area contributed by atoms with Crippen LogP contribution in [0.5, 0.6) is 0 Å². The van der Waals surface area contributed by atoms with Gasteiger partial charge >= 0.3 is 0 Å². The van der Waals surface area contributed by atoms with Crippen LogP contribution in [0.25, 0.3) is 0 Å². The molecule has 0 spiro atoms. The standard InChI is InChI=1S/C14H22N2O/c17-14(8-11-4-1-2-5-11)16-7-3-6-12-9-15-10-13(12)16/h1,4,11-13,15H,2-3,5-10H2. The van der Waals surface area contributed by atoms with Crippen molar-refractivity contribution in [3.8, 4) is 0 Å². The summed E-state index contributed by atoms with van der Waals surface area (Å²) in [6.07, 6.45) is 10.00. The van der Waals surface area contributed by atoms with Crippen LogP contribution in [0.4, 0.5) is 0 Å². The highest BCUT2D eigenvalue weighted by atomic mass is 16.2. The van der Waals surface area contributed by atoms with Gasteiger partial charge in [-0.05, 0) is 37.5 Å². The Bertz CT molecular complexity index is 326. The minimum absolute atomic E-state index is 0.389. The van der Waals surface area contributed by atoms with E-state index in [4.69, 9.17) is 0 Å². The summed E-state index contributed by atoms with van der Waals surface area (Å²) in [6.45, 7) is 3.10. The smallest absolute Gasteiger partial charge is 0.223 e. The zero-order valence-corrected chi connectivity index (χ0v) is 10.4. The first-order valence-electron chi connectivity index (χ1n) is 7.01. The van der Waals surface area contributed by atoms with Gasteiger partial charge < -0.3 is 10.2 Å². The first-order chi connectivity index (χ1) is 8.34. The zero-order valence-electron chi connectivity index (χ0n) is 10.4. The van der Waals surface area contributed by atoms with Crippen molar-refractivity contribution in [1.29, 1.82) is 0 Å². The average molecular weight is 234 g/mol. The van der Waals surface area contributed by atoms with E-state index in [1.54, 1.807) is 0 Å². The first-order valence-corrected chi connectivity index (χ1v) is 7.01. The largest absolute Gasteiger partial charge is 0.338 e. The quantitative estimate of drug-likeness (QED) is 0.735. The highest BCUT2D eigenvalue weighted by Gasteiger charge is 2.37. The average Bonchev–Trinajstić information content (AvgIpc) is 2.97. The molecule has 2 fully saturated rings. The topological polar surface area (TPSA) is 32.3 Å². The maximum Gasteiger partial charge on any atom is 0.223 e. The van der Waals surface area contributed by atoms with Gasteiger partial charge in [-0.25, -0.2) is 0 Å². The number of piperidine rings is 1. The van der Waals surface area contributed by atoms with Crippen LogP contribution in [0, 0.1) is 11.8 Å². The molecule has 3 atom stereocenters. The number of hydrogen-bond acceptors (Lipinski definition) is 2. The van der Waals surface area contributed by atoms with Gasteiger partial charge in [-0.2, -0.15) is 0 Å². The van der Waals surface area contributed by atoms with E-state index in [0.29, 0.717) is 23.8 Å². The molecule has 2 aliphatic heterocycles. The molecular weight excluding hydrogens is 212 g/mol. The number of rotatable bonds is 2. The minimum atomic E-state index is 0.389. The SMILES string of the molecule is O=C(CC1C=CCC1)N1CCCC2CNCC21. The van der Waals surface area contributed by atoms with Crippen molar-refractivity contribution < 1.29 is 4.79 Å². The van der Waals surface area contributed by atoms with Crippen molar-refractivity contribution in [2.24, 2.45) is 11.8 Å². The van der Waals surface area contributed by atoms with Crippen LogP contribution in [0.3, 0.4) is 0 Å². The maximum atomic E-state index is 12.4. The fourth-order valence-corrected chi connectivity index (χ4v) is 3.58. The Balaban J connectivity index is 1.61. The summed E-state index contributed by atoms with van der Waals surface area (Å²) < 4.78 is 0. The van der Waals surface area contributed by atoms with E-state index < -0.39 is 0 Å². The second kappa shape index (κ2) is 4.81. The van der Waals surface area contributed by atoms with Crippen LogP contribution in [0.2, 0.25) is 0 Å². The van der Waals surface area contributed by atoms with Crippen molar-refractivity contribution in [2.45, 2.75) is 38.1 Å². The normalized spacial score (nSPS) is 36.2. The first kappa shape index (κ1) is 11.3. The second-order valence-corrected chi connectivity index (χ2v) is 5.68. The third-order valence-corrected chi connectivity index (χ3v) is 4.55. The summed E-state index contributed by atoms with van der Waals surface area (Å²) in [5.41, 5.74) is 0. The molecule has 3 heteroatoms. The van der Waals surface area contributed by atoms with Crippen LogP contribution < -0.4 is 5.32 Å². The van der Waals surface area contributed by atoms with Crippen molar-refractivity contribution in [3.05, 3.63) is 12.2 Å². The fraction of sp³-hybridized carbons (Fsp3) is 0.786. The molecule has 2 heterocycles. The molecule has 0 aromatic rings. The predicted octanol–water partition coefficient (Wildman–Crippen LogP) is 1.55. The van der Waals surface area contributed by atoms with Gasteiger partial charge in [0.05, 0.1) is 0 Å². The Kier molecular flexibility index (Phi) is 3.19. The Labute approximate surface area is 103 Å². The van der Waals surface area contributed by atoms with Gasteiger partial charge in [0.2, 0.25) is 5.91 Å². The lowest BCUT2D eigenvalue weighted by Gasteiger charge is -2.37. The molecule has 0 aromatic heterocycles. The van der Waals surface area contributed by atoms with E-state index in [-0.39, 0.29) is 0 Å². The number of fused-ring (bicyclic) bond motifs is 1. The van der Waals surface area contributed by atoms with Crippen LogP contribution in [0.1, 0.15) is 32.1 Å². The summed E-state index contributed by atoms with van der Waals surface area (Å²) in [5.74, 6) is 1.61. The molecule has 0 aromatic carbocycles. The molecule has 0 bridgehead atoms. The van der Waals surface area contributed by atoms with Gasteiger partial charge in [0, 0.05) is 32.1 Å². The number of amides is 1. The summed E-state index contributed by atoms with van der Waals surface area (Å²) in [4.78, 5) is 14.5. The van der Waals surface area contributed by atoms with Crippen molar-refractivity contribution in [3.63, 3.8) is 0 Å².